The van der Waals surface area contributed by atoms with E-state index >= 15 is 0 Å². The molecule has 6 rings (SSSR count). The lowest BCUT2D eigenvalue weighted by Gasteiger charge is -2.23. The van der Waals surface area contributed by atoms with Gasteiger partial charge in [-0.05, 0) is 48.5 Å². The van der Waals surface area contributed by atoms with E-state index in [1.54, 1.807) is 48.7 Å². The lowest BCUT2D eigenvalue weighted by molar-refractivity contribution is 0.260. The Balaban J connectivity index is 1.48. The first-order chi connectivity index (χ1) is 21.8. The molecule has 40 heavy (non-hydrogen) atoms. The third-order valence-electron chi connectivity index (χ3n) is 6.69. The molecule has 2 aromatic carbocycles. The average Bonchev–Trinajstić information content (AvgIpc) is 3.75. The molecule has 1 aliphatic heterocycles. The van der Waals surface area contributed by atoms with Gasteiger partial charge in [-0.2, -0.15) is 9.65 Å². The van der Waals surface area contributed by atoms with Gasteiger partial charge in [-0.15, -0.1) is 5.53 Å². The molecule has 2 aromatic heterocycles. The van der Waals surface area contributed by atoms with E-state index in [0.29, 0.717) is 22.5 Å². The molecular formula is C30H28ClFN8. The number of hydrogen-bond acceptors (Lipinski definition) is 8. The van der Waals surface area contributed by atoms with Gasteiger partial charge in [-0.3, -0.25) is 9.99 Å². The van der Waals surface area contributed by atoms with E-state index in [4.69, 9.17) is 18.5 Å². The van der Waals surface area contributed by atoms with Gasteiger partial charge in [0.2, 0.25) is 5.95 Å². The summed E-state index contributed by atoms with van der Waals surface area (Å²) in [5, 5.41) is 18.5. The standard InChI is InChI=1S/C30H28ClFN8/c1-2-25(18-6-4-3-5-7-18)37-28-20(14-33)16-35-30-23(28)12-21(13-24(30)31)36-29(19-8-11-27(32)34-15-19)26-17-40(39-38-26)22-9-10-22/h3-8,11-13,15-17,22,25,29,36,38-39H,2,9-10H2,1H3,(H,35,37)/t25-,29?/m0/s1/i1D3,2D2,29D. The molecule has 3 heterocycles. The fourth-order valence-corrected chi connectivity index (χ4v) is 4.80. The van der Waals surface area contributed by atoms with Crippen LogP contribution >= 0.6 is 11.6 Å². The molecule has 1 fully saturated rings. The number of fused-ring (bicyclic) bond motifs is 1. The van der Waals surface area contributed by atoms with Gasteiger partial charge >= 0.3 is 0 Å². The molecule has 0 spiro atoms. The number of anilines is 2. The number of aromatic nitrogens is 2. The van der Waals surface area contributed by atoms with Crippen LogP contribution in [0.1, 0.15) is 63.0 Å². The van der Waals surface area contributed by atoms with Gasteiger partial charge in [0, 0.05) is 42.6 Å². The molecule has 202 valence electrons. The van der Waals surface area contributed by atoms with Crippen molar-refractivity contribution in [2.75, 3.05) is 10.6 Å². The molecule has 1 aliphatic carbocycles. The van der Waals surface area contributed by atoms with Crippen molar-refractivity contribution >= 4 is 33.9 Å². The van der Waals surface area contributed by atoms with Crippen LogP contribution < -0.4 is 21.6 Å². The van der Waals surface area contributed by atoms with Crippen molar-refractivity contribution < 1.29 is 12.6 Å². The number of pyridine rings is 2. The molecule has 0 saturated heterocycles. The van der Waals surface area contributed by atoms with Crippen molar-refractivity contribution in [1.82, 2.24) is 25.9 Å². The lowest BCUT2D eigenvalue weighted by Crippen LogP contribution is -2.38. The number of nitrogens with zero attached hydrogens (tertiary/aromatic N) is 4. The van der Waals surface area contributed by atoms with Gasteiger partial charge in [-0.1, -0.05) is 54.9 Å². The monoisotopic (exact) mass is 560 g/mol. The molecule has 8 nitrogen and oxygen atoms in total. The number of hydrazine groups is 2. The smallest absolute Gasteiger partial charge is 0.212 e. The second kappa shape index (κ2) is 11.0. The van der Waals surface area contributed by atoms with Gasteiger partial charge in [0.1, 0.15) is 6.07 Å². The van der Waals surface area contributed by atoms with E-state index in [0.717, 1.165) is 18.9 Å². The number of nitrogens with one attached hydrogen (secondary N) is 4. The van der Waals surface area contributed by atoms with Crippen LogP contribution in [0.15, 0.2) is 78.9 Å². The van der Waals surface area contributed by atoms with Crippen molar-refractivity contribution in [3.05, 3.63) is 107 Å². The Labute approximate surface area is 245 Å². The third-order valence-corrected chi connectivity index (χ3v) is 6.98. The highest BCUT2D eigenvalue weighted by atomic mass is 35.5. The first-order valence-corrected chi connectivity index (χ1v) is 13.0. The Hall–Kier alpha value is -4.39. The second-order valence-electron chi connectivity index (χ2n) is 9.43. The minimum Gasteiger partial charge on any atom is -0.377 e. The van der Waals surface area contributed by atoms with Gasteiger partial charge < -0.3 is 16.1 Å². The van der Waals surface area contributed by atoms with Gasteiger partial charge in [0.05, 0.1) is 40.9 Å². The second-order valence-corrected chi connectivity index (χ2v) is 9.84. The topological polar surface area (TPSA) is 101 Å². The third kappa shape index (κ3) is 5.24. The maximum absolute atomic E-state index is 13.8. The van der Waals surface area contributed by atoms with Crippen LogP contribution in [0, 0.1) is 17.3 Å². The SMILES string of the molecule is [2H]C(Nc1cc(Cl)c2ncc(C#N)c(N[C@H](c3ccccc3)C([2H])([2H])C([2H])([2H])[2H])c2c1)(C1=CN(C2CC2)NN1)c1ccc(F)nc1. The molecule has 2 aliphatic rings. The van der Waals surface area contributed by atoms with Crippen molar-refractivity contribution in [3.8, 4) is 6.07 Å². The number of halogens is 2. The highest BCUT2D eigenvalue weighted by molar-refractivity contribution is 6.35. The van der Waals surface area contributed by atoms with Crippen LogP contribution in [0.5, 0.6) is 0 Å². The summed E-state index contributed by atoms with van der Waals surface area (Å²) in [5.74, 6) is -0.707. The van der Waals surface area contributed by atoms with Crippen LogP contribution in [0.3, 0.4) is 0 Å². The first kappa shape index (κ1) is 19.6. The van der Waals surface area contributed by atoms with E-state index in [1.165, 1.54) is 18.5 Å². The summed E-state index contributed by atoms with van der Waals surface area (Å²) in [4.78, 5) is 8.11. The molecule has 0 bridgehead atoms. The van der Waals surface area contributed by atoms with Crippen LogP contribution in [0.25, 0.3) is 10.9 Å². The molecule has 4 aromatic rings. The molecule has 2 atom stereocenters. The summed E-state index contributed by atoms with van der Waals surface area (Å²) in [6, 6.07) is 13.2. The molecule has 10 heteroatoms. The molecule has 1 saturated carbocycles. The fourth-order valence-electron chi connectivity index (χ4n) is 4.53. The highest BCUT2D eigenvalue weighted by Crippen LogP contribution is 2.38. The molecule has 4 N–H and O–H groups in total. The zero-order valence-electron chi connectivity index (χ0n) is 27.0. The van der Waals surface area contributed by atoms with E-state index in [-0.39, 0.29) is 33.2 Å². The van der Waals surface area contributed by atoms with Gasteiger partial charge in [0.25, 0.3) is 0 Å². The van der Waals surface area contributed by atoms with Crippen molar-refractivity contribution in [2.45, 2.75) is 44.2 Å². The summed E-state index contributed by atoms with van der Waals surface area (Å²) in [6.07, 6.45) is 3.49. The van der Waals surface area contributed by atoms with E-state index < -0.39 is 31.2 Å². The zero-order valence-corrected chi connectivity index (χ0v) is 21.8. The summed E-state index contributed by atoms with van der Waals surface area (Å²) in [7, 11) is 0. The largest absolute Gasteiger partial charge is 0.377 e. The van der Waals surface area contributed by atoms with Crippen LogP contribution in [-0.4, -0.2) is 21.0 Å². The average molecular weight is 561 g/mol. The minimum absolute atomic E-state index is 0.0207. The Kier molecular flexibility index (Phi) is 5.40. The Morgan fingerprint density at radius 1 is 1.20 bits per heavy atom. The fraction of sp³-hybridized carbons (Fsp3) is 0.233. The van der Waals surface area contributed by atoms with Crippen LogP contribution in [0.2, 0.25) is 5.02 Å². The molecule has 1 unspecified atom stereocenters. The highest BCUT2D eigenvalue weighted by Gasteiger charge is 2.32. The summed E-state index contributed by atoms with van der Waals surface area (Å²) in [6.45, 7) is -3.03. The summed E-state index contributed by atoms with van der Waals surface area (Å²) >= 11 is 6.72. The van der Waals surface area contributed by atoms with Crippen LogP contribution in [-0.2, 0) is 0 Å². The number of hydrogen-bond donors (Lipinski definition) is 4. The number of benzene rings is 2. The van der Waals surface area contributed by atoms with E-state index in [9.17, 15) is 11.0 Å². The maximum atomic E-state index is 13.8. The predicted octanol–water partition coefficient (Wildman–Crippen LogP) is 6.34. The van der Waals surface area contributed by atoms with Crippen molar-refractivity contribution in [3.63, 3.8) is 0 Å². The molecule has 0 radical (unpaired) electrons. The predicted molar refractivity (Wildman–Crippen MR) is 154 cm³/mol. The first-order valence-electron chi connectivity index (χ1n) is 15.6. The molecular weight excluding hydrogens is 527 g/mol. The summed E-state index contributed by atoms with van der Waals surface area (Å²) in [5.41, 5.74) is 7.81. The quantitative estimate of drug-likeness (QED) is 0.176. The Bertz CT molecular complexity index is 1850. The number of nitriles is 1. The molecule has 0 amide bonds. The minimum atomic E-state index is -3.03. The number of rotatable bonds is 9. The Morgan fingerprint density at radius 2 is 2.05 bits per heavy atom. The van der Waals surface area contributed by atoms with Crippen LogP contribution in [0.4, 0.5) is 15.8 Å². The van der Waals surface area contributed by atoms with Gasteiger partial charge in [0.15, 0.2) is 0 Å². The van der Waals surface area contributed by atoms with Crippen molar-refractivity contribution in [2.24, 2.45) is 0 Å². The maximum Gasteiger partial charge on any atom is 0.212 e. The normalized spacial score (nSPS) is 19.8. The van der Waals surface area contributed by atoms with E-state index in [1.807, 2.05) is 5.01 Å². The van der Waals surface area contributed by atoms with E-state index in [2.05, 4.69) is 37.6 Å². The summed E-state index contributed by atoms with van der Waals surface area (Å²) < 4.78 is 64.6. The van der Waals surface area contributed by atoms with Crippen molar-refractivity contribution in [1.29, 1.82) is 5.26 Å². The Morgan fingerprint density at radius 3 is 2.77 bits per heavy atom. The lowest BCUT2D eigenvalue weighted by atomic mass is 10.0. The zero-order chi connectivity index (χ0) is 32.9. The van der Waals surface area contributed by atoms with Gasteiger partial charge in [-0.25, -0.2) is 4.98 Å².